The Hall–Kier alpha value is -6.69. The average Bonchev–Trinajstić information content (AvgIpc) is 3.62. The second kappa shape index (κ2) is 11.9. The third-order valence-corrected chi connectivity index (χ3v) is 11.8. The SMILES string of the molecule is c1ccc(-c2nc(-c3ccccc3)nc(N3c4ccc5ccccc5c4C(c4cccc5c4sc4ccccc45)c4ccc5ccccc5c43)n2)cc1. The van der Waals surface area contributed by atoms with Crippen LogP contribution in [0.25, 0.3) is 64.5 Å². The van der Waals surface area contributed by atoms with Gasteiger partial charge in [0.25, 0.3) is 0 Å². The van der Waals surface area contributed by atoms with Crippen molar-refractivity contribution in [2.24, 2.45) is 0 Å². The van der Waals surface area contributed by atoms with Gasteiger partial charge in [-0.3, -0.25) is 4.90 Å². The number of fused-ring (bicyclic) bond motifs is 9. The van der Waals surface area contributed by atoms with E-state index in [1.165, 1.54) is 53.0 Å². The molecule has 5 heteroatoms. The van der Waals surface area contributed by atoms with Gasteiger partial charge in [0.05, 0.1) is 11.4 Å². The Balaban J connectivity index is 1.27. The zero-order chi connectivity index (χ0) is 34.9. The molecule has 8 aromatic carbocycles. The molecule has 0 spiro atoms. The molecule has 0 saturated carbocycles. The van der Waals surface area contributed by atoms with E-state index in [9.17, 15) is 0 Å². The summed E-state index contributed by atoms with van der Waals surface area (Å²) in [7, 11) is 0. The third-order valence-electron chi connectivity index (χ3n) is 10.6. The molecule has 248 valence electrons. The highest BCUT2D eigenvalue weighted by Crippen LogP contribution is 2.56. The van der Waals surface area contributed by atoms with Gasteiger partial charge >= 0.3 is 0 Å². The van der Waals surface area contributed by atoms with Gasteiger partial charge in [-0.05, 0) is 45.0 Å². The highest BCUT2D eigenvalue weighted by Gasteiger charge is 2.37. The lowest BCUT2D eigenvalue weighted by atomic mass is 9.77. The zero-order valence-electron chi connectivity index (χ0n) is 28.5. The Morgan fingerprint density at radius 3 is 1.75 bits per heavy atom. The number of thiophene rings is 1. The lowest BCUT2D eigenvalue weighted by Crippen LogP contribution is -2.25. The van der Waals surface area contributed by atoms with Crippen LogP contribution < -0.4 is 4.90 Å². The van der Waals surface area contributed by atoms with E-state index in [4.69, 9.17) is 15.0 Å². The van der Waals surface area contributed by atoms with Crippen LogP contribution in [-0.2, 0) is 0 Å². The molecule has 0 fully saturated rings. The maximum atomic E-state index is 5.32. The molecule has 1 atom stereocenters. The summed E-state index contributed by atoms with van der Waals surface area (Å²) in [4.78, 5) is 18.0. The van der Waals surface area contributed by atoms with E-state index in [2.05, 4.69) is 144 Å². The first-order valence-corrected chi connectivity index (χ1v) is 18.7. The van der Waals surface area contributed by atoms with Crippen molar-refractivity contribution < 1.29 is 0 Å². The van der Waals surface area contributed by atoms with Gasteiger partial charge < -0.3 is 0 Å². The molecular formula is C48H30N4S. The van der Waals surface area contributed by atoms with Crippen molar-refractivity contribution in [3.05, 3.63) is 193 Å². The molecular weight excluding hydrogens is 665 g/mol. The summed E-state index contributed by atoms with van der Waals surface area (Å²) in [5.74, 6) is 1.81. The minimum Gasteiger partial charge on any atom is -0.278 e. The Labute approximate surface area is 310 Å². The molecule has 53 heavy (non-hydrogen) atoms. The Bertz CT molecular complexity index is 2970. The number of nitrogens with zero attached hydrogens (tertiary/aromatic N) is 4. The minimum atomic E-state index is -0.0484. The highest BCUT2D eigenvalue weighted by molar-refractivity contribution is 7.26. The van der Waals surface area contributed by atoms with Crippen LogP contribution in [0.1, 0.15) is 22.6 Å². The van der Waals surface area contributed by atoms with Gasteiger partial charge in [0.2, 0.25) is 5.95 Å². The fourth-order valence-electron chi connectivity index (χ4n) is 8.24. The fourth-order valence-corrected chi connectivity index (χ4v) is 9.48. The van der Waals surface area contributed by atoms with Crippen molar-refractivity contribution >= 4 is 70.4 Å². The molecule has 2 aromatic heterocycles. The first-order chi connectivity index (χ1) is 26.3. The molecule has 0 bridgehead atoms. The van der Waals surface area contributed by atoms with Gasteiger partial charge in [0.15, 0.2) is 11.6 Å². The van der Waals surface area contributed by atoms with Gasteiger partial charge in [-0.1, -0.05) is 164 Å². The minimum absolute atomic E-state index is 0.0484. The second-order valence-corrected chi connectivity index (χ2v) is 14.6. The quantitative estimate of drug-likeness (QED) is 0.184. The smallest absolute Gasteiger partial charge is 0.238 e. The molecule has 10 aromatic rings. The predicted octanol–water partition coefficient (Wildman–Crippen LogP) is 12.8. The topological polar surface area (TPSA) is 41.9 Å². The van der Waals surface area contributed by atoms with E-state index < -0.39 is 0 Å². The molecule has 1 unspecified atom stereocenters. The summed E-state index contributed by atoms with van der Waals surface area (Å²) >= 11 is 1.89. The van der Waals surface area contributed by atoms with Crippen LogP contribution in [-0.4, -0.2) is 15.0 Å². The van der Waals surface area contributed by atoms with Crippen LogP contribution in [0.5, 0.6) is 0 Å². The van der Waals surface area contributed by atoms with Crippen LogP contribution in [0.15, 0.2) is 176 Å². The van der Waals surface area contributed by atoms with Crippen molar-refractivity contribution in [3.8, 4) is 22.8 Å². The maximum Gasteiger partial charge on any atom is 0.238 e. The summed E-state index contributed by atoms with van der Waals surface area (Å²) < 4.78 is 2.62. The summed E-state index contributed by atoms with van der Waals surface area (Å²) in [5.41, 5.74) is 7.83. The number of aromatic nitrogens is 3. The Kier molecular flexibility index (Phi) is 6.76. The second-order valence-electron chi connectivity index (χ2n) is 13.5. The molecule has 11 rings (SSSR count). The molecule has 0 amide bonds. The molecule has 1 aliphatic rings. The van der Waals surface area contributed by atoms with Crippen LogP contribution in [0, 0.1) is 0 Å². The monoisotopic (exact) mass is 694 g/mol. The molecule has 1 aliphatic heterocycles. The van der Waals surface area contributed by atoms with Gasteiger partial charge in [-0.15, -0.1) is 11.3 Å². The number of benzene rings is 8. The number of hydrogen-bond acceptors (Lipinski definition) is 5. The van der Waals surface area contributed by atoms with Gasteiger partial charge in [0.1, 0.15) is 0 Å². The van der Waals surface area contributed by atoms with E-state index in [0.717, 1.165) is 27.9 Å². The average molecular weight is 695 g/mol. The first-order valence-electron chi connectivity index (χ1n) is 17.9. The van der Waals surface area contributed by atoms with Crippen molar-refractivity contribution in [2.45, 2.75) is 5.92 Å². The van der Waals surface area contributed by atoms with E-state index >= 15 is 0 Å². The zero-order valence-corrected chi connectivity index (χ0v) is 29.3. The molecule has 0 N–H and O–H groups in total. The summed E-state index contributed by atoms with van der Waals surface area (Å²) in [6, 6.07) is 62.7. The summed E-state index contributed by atoms with van der Waals surface area (Å²) in [6.07, 6.45) is 0. The highest BCUT2D eigenvalue weighted by atomic mass is 32.1. The molecule has 0 saturated heterocycles. The van der Waals surface area contributed by atoms with Gasteiger partial charge in [-0.25, -0.2) is 4.98 Å². The number of hydrogen-bond donors (Lipinski definition) is 0. The van der Waals surface area contributed by atoms with E-state index in [0.29, 0.717) is 17.6 Å². The lowest BCUT2D eigenvalue weighted by molar-refractivity contribution is 0.937. The third kappa shape index (κ3) is 4.71. The van der Waals surface area contributed by atoms with E-state index in [1.54, 1.807) is 0 Å². The standard InChI is InChI=1S/C48H30N4S/c1-3-16-32(17-4-1)46-49-47(33-18-5-2-6-19-33)51-48(50-46)52-40-29-27-30-14-7-9-20-34(30)43(40)42(38-28-26-31-15-8-10-21-35(31)44(38)52)39-24-13-23-37-36-22-11-12-25-41(36)53-45(37)39/h1-29,42H. The van der Waals surface area contributed by atoms with Crippen molar-refractivity contribution in [2.75, 3.05) is 4.90 Å². The Morgan fingerprint density at radius 2 is 1.02 bits per heavy atom. The fraction of sp³-hybridized carbons (Fsp3) is 0.0208. The first kappa shape index (κ1) is 30.0. The van der Waals surface area contributed by atoms with E-state index in [-0.39, 0.29) is 5.92 Å². The Morgan fingerprint density at radius 1 is 0.434 bits per heavy atom. The lowest BCUT2D eigenvalue weighted by Gasteiger charge is -2.38. The van der Waals surface area contributed by atoms with Gasteiger partial charge in [0, 0.05) is 42.6 Å². The van der Waals surface area contributed by atoms with E-state index in [1.807, 2.05) is 47.7 Å². The molecule has 0 aliphatic carbocycles. The van der Waals surface area contributed by atoms with Crippen LogP contribution in [0.4, 0.5) is 17.3 Å². The number of anilines is 3. The van der Waals surface area contributed by atoms with Crippen LogP contribution in [0.2, 0.25) is 0 Å². The molecule has 3 heterocycles. The van der Waals surface area contributed by atoms with Crippen LogP contribution in [0.3, 0.4) is 0 Å². The predicted molar refractivity (Wildman–Crippen MR) is 221 cm³/mol. The molecule has 0 radical (unpaired) electrons. The van der Waals surface area contributed by atoms with Crippen molar-refractivity contribution in [1.29, 1.82) is 0 Å². The van der Waals surface area contributed by atoms with Gasteiger partial charge in [-0.2, -0.15) is 9.97 Å². The summed E-state index contributed by atoms with van der Waals surface area (Å²) in [5, 5.41) is 7.34. The van der Waals surface area contributed by atoms with Crippen LogP contribution >= 0.6 is 11.3 Å². The largest absolute Gasteiger partial charge is 0.278 e. The normalized spacial score (nSPS) is 13.8. The van der Waals surface area contributed by atoms with Crippen molar-refractivity contribution in [3.63, 3.8) is 0 Å². The maximum absolute atomic E-state index is 5.32. The van der Waals surface area contributed by atoms with Crippen molar-refractivity contribution in [1.82, 2.24) is 15.0 Å². The molecule has 4 nitrogen and oxygen atoms in total. The number of rotatable bonds is 4. The summed E-state index contributed by atoms with van der Waals surface area (Å²) in [6.45, 7) is 0.